The minimum absolute atomic E-state index is 0.352. The summed E-state index contributed by atoms with van der Waals surface area (Å²) in [6.45, 7) is 6.37. The summed E-state index contributed by atoms with van der Waals surface area (Å²) in [6.07, 6.45) is 1.17. The van der Waals surface area contributed by atoms with Crippen molar-refractivity contribution in [1.82, 2.24) is 10.6 Å². The highest BCUT2D eigenvalue weighted by molar-refractivity contribution is 5.82. The van der Waals surface area contributed by atoms with E-state index in [4.69, 9.17) is 5.11 Å². The molecule has 0 aliphatic heterocycles. The molecular weight excluding hydrogens is 196 g/mol. The molecule has 0 fully saturated rings. The molecule has 15 heavy (non-hydrogen) atoms. The maximum atomic E-state index is 11.3. The van der Waals surface area contributed by atoms with Crippen molar-refractivity contribution in [3.05, 3.63) is 0 Å². The Labute approximate surface area is 90.2 Å². The van der Waals surface area contributed by atoms with Gasteiger partial charge < -0.3 is 15.7 Å². The summed E-state index contributed by atoms with van der Waals surface area (Å²) in [5, 5.41) is 13.8. The number of carboxylic acid groups (broad SMARTS) is 1. The van der Waals surface area contributed by atoms with Crippen molar-refractivity contribution in [2.24, 2.45) is 5.92 Å². The van der Waals surface area contributed by atoms with Crippen LogP contribution >= 0.6 is 0 Å². The molecular formula is C10H20N2O3. The molecule has 0 aliphatic carbocycles. The van der Waals surface area contributed by atoms with Crippen LogP contribution in [0.4, 0.5) is 4.79 Å². The fourth-order valence-electron chi connectivity index (χ4n) is 1.05. The monoisotopic (exact) mass is 216 g/mol. The second kappa shape index (κ2) is 7.09. The van der Waals surface area contributed by atoms with Gasteiger partial charge in [0.25, 0.3) is 0 Å². The van der Waals surface area contributed by atoms with Gasteiger partial charge in [-0.25, -0.2) is 9.59 Å². The third-order valence-electron chi connectivity index (χ3n) is 1.85. The molecule has 5 nitrogen and oxygen atoms in total. The van der Waals surface area contributed by atoms with Crippen LogP contribution in [0.15, 0.2) is 0 Å². The lowest BCUT2D eigenvalue weighted by Crippen LogP contribution is -2.46. The highest BCUT2D eigenvalue weighted by atomic mass is 16.4. The van der Waals surface area contributed by atoms with Crippen molar-refractivity contribution in [2.75, 3.05) is 6.54 Å². The molecule has 0 rings (SSSR count). The Hall–Kier alpha value is -1.26. The van der Waals surface area contributed by atoms with E-state index in [9.17, 15) is 9.59 Å². The summed E-state index contributed by atoms with van der Waals surface area (Å²) in [4.78, 5) is 22.0. The molecule has 0 saturated heterocycles. The van der Waals surface area contributed by atoms with Crippen LogP contribution in [0.5, 0.6) is 0 Å². The second-order valence-corrected chi connectivity index (χ2v) is 3.93. The van der Waals surface area contributed by atoms with E-state index in [-0.39, 0.29) is 0 Å². The number of hydrogen-bond acceptors (Lipinski definition) is 2. The molecule has 0 aliphatic rings. The van der Waals surface area contributed by atoms with Crippen LogP contribution in [-0.2, 0) is 4.79 Å². The lowest BCUT2D eigenvalue weighted by Gasteiger charge is -2.14. The number of carbonyl (C=O) groups excluding carboxylic acids is 1. The van der Waals surface area contributed by atoms with Gasteiger partial charge in [-0.3, -0.25) is 0 Å². The molecule has 0 bridgehead atoms. The van der Waals surface area contributed by atoms with Gasteiger partial charge in [-0.2, -0.15) is 0 Å². The van der Waals surface area contributed by atoms with E-state index in [0.29, 0.717) is 18.9 Å². The Balaban J connectivity index is 3.94. The van der Waals surface area contributed by atoms with Gasteiger partial charge in [-0.1, -0.05) is 27.2 Å². The fourth-order valence-corrected chi connectivity index (χ4v) is 1.05. The summed E-state index contributed by atoms with van der Waals surface area (Å²) in [5.74, 6) is -0.637. The lowest BCUT2D eigenvalue weighted by atomic mass is 10.2. The average molecular weight is 216 g/mol. The molecule has 0 spiro atoms. The van der Waals surface area contributed by atoms with E-state index >= 15 is 0 Å². The Morgan fingerprint density at radius 2 is 1.93 bits per heavy atom. The number of carboxylic acids is 1. The smallest absolute Gasteiger partial charge is 0.326 e. The molecule has 3 N–H and O–H groups in total. The zero-order valence-corrected chi connectivity index (χ0v) is 9.54. The van der Waals surface area contributed by atoms with Crippen LogP contribution in [0.2, 0.25) is 0 Å². The highest BCUT2D eigenvalue weighted by Gasteiger charge is 2.18. The van der Waals surface area contributed by atoms with Crippen molar-refractivity contribution < 1.29 is 14.7 Å². The normalized spacial score (nSPS) is 12.3. The van der Waals surface area contributed by atoms with Crippen molar-refractivity contribution >= 4 is 12.0 Å². The Morgan fingerprint density at radius 3 is 2.33 bits per heavy atom. The average Bonchev–Trinajstić information content (AvgIpc) is 2.14. The largest absolute Gasteiger partial charge is 0.480 e. The van der Waals surface area contributed by atoms with E-state index in [0.717, 1.165) is 6.42 Å². The van der Waals surface area contributed by atoms with E-state index in [1.54, 1.807) is 0 Å². The van der Waals surface area contributed by atoms with Crippen molar-refractivity contribution in [3.63, 3.8) is 0 Å². The number of nitrogens with one attached hydrogen (secondary N) is 2. The first-order valence-corrected chi connectivity index (χ1v) is 5.24. The predicted molar refractivity (Wildman–Crippen MR) is 57.7 cm³/mol. The standard InChI is InChI=1S/C10H20N2O3/c1-4-5-8(9(13)14)12-10(15)11-6-7(2)3/h7-8H,4-6H2,1-3H3,(H,13,14)(H2,11,12,15)/t8-/m1/s1. The maximum absolute atomic E-state index is 11.3. The van der Waals surface area contributed by atoms with Crippen molar-refractivity contribution in [2.45, 2.75) is 39.7 Å². The van der Waals surface area contributed by atoms with Crippen LogP contribution in [0.25, 0.3) is 0 Å². The van der Waals surface area contributed by atoms with Gasteiger partial charge in [-0.05, 0) is 12.3 Å². The molecule has 0 saturated carbocycles. The summed E-state index contributed by atoms with van der Waals surface area (Å²) >= 11 is 0. The topological polar surface area (TPSA) is 78.4 Å². The van der Waals surface area contributed by atoms with Crippen LogP contribution in [0.1, 0.15) is 33.6 Å². The Bertz CT molecular complexity index is 217. The molecule has 2 amide bonds. The summed E-state index contributed by atoms with van der Waals surface area (Å²) in [7, 11) is 0. The highest BCUT2D eigenvalue weighted by Crippen LogP contribution is 1.96. The van der Waals surface area contributed by atoms with Crippen LogP contribution in [-0.4, -0.2) is 29.7 Å². The van der Waals surface area contributed by atoms with E-state index in [1.807, 2.05) is 20.8 Å². The number of urea groups is 1. The number of amides is 2. The summed E-state index contributed by atoms with van der Waals surface area (Å²) in [5.41, 5.74) is 0. The fraction of sp³-hybridized carbons (Fsp3) is 0.800. The number of rotatable bonds is 6. The molecule has 88 valence electrons. The number of hydrogen-bond donors (Lipinski definition) is 3. The molecule has 1 atom stereocenters. The molecule has 0 heterocycles. The van der Waals surface area contributed by atoms with Gasteiger partial charge in [0, 0.05) is 6.54 Å². The molecule has 0 aromatic rings. The van der Waals surface area contributed by atoms with Crippen molar-refractivity contribution in [3.8, 4) is 0 Å². The van der Waals surface area contributed by atoms with Gasteiger partial charge in [0.15, 0.2) is 0 Å². The summed E-state index contributed by atoms with van der Waals surface area (Å²) in [6, 6.07) is -1.20. The zero-order valence-electron chi connectivity index (χ0n) is 9.54. The van der Waals surface area contributed by atoms with E-state index in [2.05, 4.69) is 10.6 Å². The lowest BCUT2D eigenvalue weighted by molar-refractivity contribution is -0.139. The minimum Gasteiger partial charge on any atom is -0.480 e. The van der Waals surface area contributed by atoms with Crippen molar-refractivity contribution in [1.29, 1.82) is 0 Å². The van der Waals surface area contributed by atoms with Gasteiger partial charge in [-0.15, -0.1) is 0 Å². The predicted octanol–water partition coefficient (Wildman–Crippen LogP) is 1.19. The molecule has 0 aromatic heterocycles. The maximum Gasteiger partial charge on any atom is 0.326 e. The summed E-state index contributed by atoms with van der Waals surface area (Å²) < 4.78 is 0. The van der Waals surface area contributed by atoms with Gasteiger partial charge >= 0.3 is 12.0 Å². The first-order chi connectivity index (χ1) is 6.97. The molecule has 0 aromatic carbocycles. The van der Waals surface area contributed by atoms with Gasteiger partial charge in [0.2, 0.25) is 0 Å². The van der Waals surface area contributed by atoms with E-state index < -0.39 is 18.0 Å². The minimum atomic E-state index is -0.989. The third kappa shape index (κ3) is 6.76. The van der Waals surface area contributed by atoms with Gasteiger partial charge in [0.1, 0.15) is 6.04 Å². The van der Waals surface area contributed by atoms with Crippen LogP contribution in [0, 0.1) is 5.92 Å². The Morgan fingerprint density at radius 1 is 1.33 bits per heavy atom. The quantitative estimate of drug-likeness (QED) is 0.624. The zero-order chi connectivity index (χ0) is 11.8. The number of carbonyl (C=O) groups is 2. The van der Waals surface area contributed by atoms with Gasteiger partial charge in [0.05, 0.1) is 0 Å². The number of aliphatic carboxylic acids is 1. The van der Waals surface area contributed by atoms with Crippen LogP contribution < -0.4 is 10.6 Å². The first kappa shape index (κ1) is 13.7. The second-order valence-electron chi connectivity index (χ2n) is 3.93. The first-order valence-electron chi connectivity index (χ1n) is 5.24. The SMILES string of the molecule is CCC[C@@H](NC(=O)NCC(C)C)C(=O)O. The third-order valence-corrected chi connectivity index (χ3v) is 1.85. The molecule has 0 unspecified atom stereocenters. The molecule has 0 radical (unpaired) electrons. The van der Waals surface area contributed by atoms with Crippen LogP contribution in [0.3, 0.4) is 0 Å². The Kier molecular flexibility index (Phi) is 6.49. The molecule has 5 heteroatoms. The van der Waals surface area contributed by atoms with E-state index in [1.165, 1.54) is 0 Å².